The molecule has 0 saturated heterocycles. The molecule has 1 aromatic rings. The Hall–Kier alpha value is -1.59. The predicted molar refractivity (Wildman–Crippen MR) is 100 cm³/mol. The number of benzene rings is 1. The average molecular weight is 335 g/mol. The van der Waals surface area contributed by atoms with E-state index in [0.717, 1.165) is 37.5 Å². The minimum absolute atomic E-state index is 0.299. The van der Waals surface area contributed by atoms with Crippen molar-refractivity contribution in [1.29, 1.82) is 0 Å². The summed E-state index contributed by atoms with van der Waals surface area (Å²) < 4.78 is 5.56. The van der Waals surface area contributed by atoms with Crippen molar-refractivity contribution >= 4 is 5.96 Å². The number of nitrogens with zero attached hydrogens (tertiary/aromatic N) is 1. The van der Waals surface area contributed by atoms with Crippen molar-refractivity contribution in [2.75, 3.05) is 26.2 Å². The standard InChI is InChI=1S/C19H33N3O2/c1-4-16(5-2)12-21-19(20-6-3)22-13-18(23)15-24-14-17-10-8-7-9-11-17/h7-11,16,18,23H,4-6,12-15H2,1-3H3,(H2,20,21,22). The third kappa shape index (κ3) is 8.89. The Morgan fingerprint density at radius 1 is 1.12 bits per heavy atom. The number of aliphatic hydroxyl groups is 1. The van der Waals surface area contributed by atoms with Crippen molar-refractivity contribution in [2.24, 2.45) is 10.9 Å². The molecule has 0 fully saturated rings. The predicted octanol–water partition coefficient (Wildman–Crippen LogP) is 2.56. The third-order valence-corrected chi connectivity index (χ3v) is 3.93. The molecule has 5 heteroatoms. The molecule has 0 aliphatic heterocycles. The maximum absolute atomic E-state index is 10.0. The lowest BCUT2D eigenvalue weighted by Gasteiger charge is -2.16. The number of guanidine groups is 1. The Morgan fingerprint density at radius 3 is 2.46 bits per heavy atom. The second-order valence-corrected chi connectivity index (χ2v) is 5.94. The van der Waals surface area contributed by atoms with Crippen LogP contribution in [-0.2, 0) is 11.3 Å². The van der Waals surface area contributed by atoms with Gasteiger partial charge in [-0.15, -0.1) is 0 Å². The van der Waals surface area contributed by atoms with Gasteiger partial charge in [-0.25, -0.2) is 0 Å². The maximum atomic E-state index is 10.0. The molecule has 0 bridgehead atoms. The van der Waals surface area contributed by atoms with Crippen LogP contribution in [0.25, 0.3) is 0 Å². The SMILES string of the molecule is CCNC(=NCC(CC)CC)NCC(O)COCc1ccccc1. The van der Waals surface area contributed by atoms with Crippen LogP contribution in [0.3, 0.4) is 0 Å². The minimum atomic E-state index is -0.564. The smallest absolute Gasteiger partial charge is 0.191 e. The van der Waals surface area contributed by atoms with Gasteiger partial charge in [-0.2, -0.15) is 0 Å². The number of nitrogens with one attached hydrogen (secondary N) is 2. The van der Waals surface area contributed by atoms with E-state index in [0.29, 0.717) is 25.7 Å². The van der Waals surface area contributed by atoms with Crippen LogP contribution >= 0.6 is 0 Å². The molecule has 1 atom stereocenters. The number of hydrogen-bond donors (Lipinski definition) is 3. The lowest BCUT2D eigenvalue weighted by molar-refractivity contribution is 0.0308. The first-order chi connectivity index (χ1) is 11.7. The highest BCUT2D eigenvalue weighted by Crippen LogP contribution is 2.07. The van der Waals surface area contributed by atoms with E-state index in [1.54, 1.807) is 0 Å². The van der Waals surface area contributed by atoms with Crippen molar-refractivity contribution in [3.05, 3.63) is 35.9 Å². The van der Waals surface area contributed by atoms with Gasteiger partial charge in [0.2, 0.25) is 0 Å². The first-order valence-electron chi connectivity index (χ1n) is 9.01. The normalized spacial score (nSPS) is 13.1. The molecule has 3 N–H and O–H groups in total. The molecule has 1 aromatic carbocycles. The fourth-order valence-electron chi connectivity index (χ4n) is 2.27. The van der Waals surface area contributed by atoms with E-state index in [1.165, 1.54) is 0 Å². The van der Waals surface area contributed by atoms with Gasteiger partial charge in [-0.1, -0.05) is 57.0 Å². The van der Waals surface area contributed by atoms with Gasteiger partial charge in [-0.05, 0) is 18.4 Å². The zero-order valence-corrected chi connectivity index (χ0v) is 15.3. The van der Waals surface area contributed by atoms with Crippen molar-refractivity contribution in [3.63, 3.8) is 0 Å². The van der Waals surface area contributed by atoms with E-state index in [9.17, 15) is 5.11 Å². The van der Waals surface area contributed by atoms with Gasteiger partial charge < -0.3 is 20.5 Å². The van der Waals surface area contributed by atoms with Gasteiger partial charge in [0.25, 0.3) is 0 Å². The number of aliphatic imine (C=N–C) groups is 1. The topological polar surface area (TPSA) is 65.9 Å². The van der Waals surface area contributed by atoms with Crippen LogP contribution in [0.1, 0.15) is 39.2 Å². The molecular weight excluding hydrogens is 302 g/mol. The number of hydrogen-bond acceptors (Lipinski definition) is 3. The number of aliphatic hydroxyl groups excluding tert-OH is 1. The van der Waals surface area contributed by atoms with Gasteiger partial charge in [0.1, 0.15) is 0 Å². The summed E-state index contributed by atoms with van der Waals surface area (Å²) in [6.07, 6.45) is 1.70. The minimum Gasteiger partial charge on any atom is -0.389 e. The molecule has 136 valence electrons. The fourth-order valence-corrected chi connectivity index (χ4v) is 2.27. The molecule has 5 nitrogen and oxygen atoms in total. The van der Waals surface area contributed by atoms with Gasteiger partial charge in [0, 0.05) is 19.6 Å². The van der Waals surface area contributed by atoms with E-state index in [1.807, 2.05) is 37.3 Å². The summed E-state index contributed by atoms with van der Waals surface area (Å²) in [5, 5.41) is 16.4. The van der Waals surface area contributed by atoms with Crippen LogP contribution < -0.4 is 10.6 Å². The highest BCUT2D eigenvalue weighted by atomic mass is 16.5. The highest BCUT2D eigenvalue weighted by Gasteiger charge is 2.07. The summed E-state index contributed by atoms with van der Waals surface area (Å²) in [6, 6.07) is 9.97. The second kappa shape index (κ2) is 12.8. The van der Waals surface area contributed by atoms with Crippen molar-refractivity contribution in [2.45, 2.75) is 46.3 Å². The van der Waals surface area contributed by atoms with E-state index in [4.69, 9.17) is 4.74 Å². The zero-order chi connectivity index (χ0) is 17.6. The summed E-state index contributed by atoms with van der Waals surface area (Å²) in [6.45, 7) is 9.26. The molecule has 0 heterocycles. The molecule has 0 radical (unpaired) electrons. The Labute approximate surface area is 146 Å². The lowest BCUT2D eigenvalue weighted by Crippen LogP contribution is -2.42. The van der Waals surface area contributed by atoms with Crippen molar-refractivity contribution < 1.29 is 9.84 Å². The van der Waals surface area contributed by atoms with Crippen molar-refractivity contribution in [1.82, 2.24) is 10.6 Å². The molecule has 0 aliphatic carbocycles. The zero-order valence-electron chi connectivity index (χ0n) is 15.3. The van der Waals surface area contributed by atoms with Crippen LogP contribution in [0.2, 0.25) is 0 Å². The van der Waals surface area contributed by atoms with E-state index < -0.39 is 6.10 Å². The van der Waals surface area contributed by atoms with Crippen LogP contribution in [0.15, 0.2) is 35.3 Å². The van der Waals surface area contributed by atoms with Crippen LogP contribution in [0.4, 0.5) is 0 Å². The van der Waals surface area contributed by atoms with E-state index in [-0.39, 0.29) is 0 Å². The maximum Gasteiger partial charge on any atom is 0.191 e. The molecule has 1 unspecified atom stereocenters. The molecule has 0 spiro atoms. The monoisotopic (exact) mass is 335 g/mol. The first kappa shape index (κ1) is 20.5. The Bertz CT molecular complexity index is 447. The molecule has 1 rings (SSSR count). The highest BCUT2D eigenvalue weighted by molar-refractivity contribution is 5.79. The molecule has 24 heavy (non-hydrogen) atoms. The van der Waals surface area contributed by atoms with E-state index in [2.05, 4.69) is 29.5 Å². The first-order valence-corrected chi connectivity index (χ1v) is 9.01. The van der Waals surface area contributed by atoms with Crippen molar-refractivity contribution in [3.8, 4) is 0 Å². The van der Waals surface area contributed by atoms with Gasteiger partial charge in [0.15, 0.2) is 5.96 Å². The summed E-state index contributed by atoms with van der Waals surface area (Å²) in [7, 11) is 0. The average Bonchev–Trinajstić information content (AvgIpc) is 2.61. The van der Waals surface area contributed by atoms with Crippen LogP contribution in [0, 0.1) is 5.92 Å². The van der Waals surface area contributed by atoms with Crippen LogP contribution in [0.5, 0.6) is 0 Å². The fraction of sp³-hybridized carbons (Fsp3) is 0.632. The summed E-state index contributed by atoms with van der Waals surface area (Å²) >= 11 is 0. The molecular formula is C19H33N3O2. The summed E-state index contributed by atoms with van der Waals surface area (Å²) in [5.74, 6) is 1.37. The van der Waals surface area contributed by atoms with Gasteiger partial charge >= 0.3 is 0 Å². The molecule has 0 aromatic heterocycles. The number of ether oxygens (including phenoxy) is 1. The summed E-state index contributed by atoms with van der Waals surface area (Å²) in [5.41, 5.74) is 1.11. The quantitative estimate of drug-likeness (QED) is 0.429. The molecule has 0 saturated carbocycles. The molecule has 0 amide bonds. The second-order valence-electron chi connectivity index (χ2n) is 5.94. The summed E-state index contributed by atoms with van der Waals surface area (Å²) in [4.78, 5) is 4.60. The van der Waals surface area contributed by atoms with E-state index >= 15 is 0 Å². The van der Waals surface area contributed by atoms with Gasteiger partial charge in [-0.3, -0.25) is 4.99 Å². The Balaban J connectivity index is 2.30. The Morgan fingerprint density at radius 2 is 1.83 bits per heavy atom. The third-order valence-electron chi connectivity index (χ3n) is 3.93. The van der Waals surface area contributed by atoms with Crippen LogP contribution in [-0.4, -0.2) is 43.4 Å². The largest absolute Gasteiger partial charge is 0.389 e. The Kier molecular flexibility index (Phi) is 10.9. The molecule has 0 aliphatic rings. The lowest BCUT2D eigenvalue weighted by atomic mass is 10.0. The number of rotatable bonds is 11. The van der Waals surface area contributed by atoms with Gasteiger partial charge in [0.05, 0.1) is 19.3 Å².